The summed E-state index contributed by atoms with van der Waals surface area (Å²) in [6.07, 6.45) is 1.16. The molecule has 0 N–H and O–H groups in total. The van der Waals surface area contributed by atoms with Crippen LogP contribution in [-0.4, -0.2) is 14.7 Å². The van der Waals surface area contributed by atoms with E-state index >= 15 is 0 Å². The average Bonchev–Trinajstić information content (AvgIpc) is 2.41. The Labute approximate surface area is 113 Å². The van der Waals surface area contributed by atoms with Crippen LogP contribution in [0, 0.1) is 5.82 Å². The van der Waals surface area contributed by atoms with Crippen LogP contribution in [-0.2, 0) is 9.84 Å². The van der Waals surface area contributed by atoms with Gasteiger partial charge in [0.05, 0.1) is 4.90 Å². The molecule has 0 unspecified atom stereocenters. The first kappa shape index (κ1) is 15.4. The highest BCUT2D eigenvalue weighted by atomic mass is 32.2. The minimum atomic E-state index is -3.22. The standard InChI is InChI=1S/C13H11FO2S.C2H6/c1-17(15,16)13-4-2-3-11(9-13)10-5-7-12(14)8-6-10;1-2/h2-9H,1H3;1-2H3. The van der Waals surface area contributed by atoms with E-state index in [1.807, 2.05) is 13.8 Å². The number of halogens is 1. The molecule has 0 aliphatic heterocycles. The Kier molecular flexibility index (Phi) is 5.24. The Morgan fingerprint density at radius 1 is 0.895 bits per heavy atom. The highest BCUT2D eigenvalue weighted by molar-refractivity contribution is 7.90. The lowest BCUT2D eigenvalue weighted by Crippen LogP contribution is -1.96. The lowest BCUT2D eigenvalue weighted by molar-refractivity contribution is 0.602. The average molecular weight is 280 g/mol. The molecule has 0 radical (unpaired) electrons. The fourth-order valence-electron chi connectivity index (χ4n) is 1.55. The molecule has 0 fully saturated rings. The molecule has 102 valence electrons. The topological polar surface area (TPSA) is 34.1 Å². The van der Waals surface area contributed by atoms with Crippen molar-refractivity contribution in [2.45, 2.75) is 18.7 Å². The van der Waals surface area contributed by atoms with Crippen LogP contribution in [0.3, 0.4) is 0 Å². The van der Waals surface area contributed by atoms with E-state index in [1.54, 1.807) is 36.4 Å². The first-order chi connectivity index (χ1) is 8.97. The molecule has 0 amide bonds. The second-order valence-electron chi connectivity index (χ2n) is 3.81. The van der Waals surface area contributed by atoms with Crippen molar-refractivity contribution in [3.05, 3.63) is 54.3 Å². The van der Waals surface area contributed by atoms with Crippen molar-refractivity contribution in [1.82, 2.24) is 0 Å². The van der Waals surface area contributed by atoms with Crippen LogP contribution in [0.2, 0.25) is 0 Å². The highest BCUT2D eigenvalue weighted by Crippen LogP contribution is 2.22. The van der Waals surface area contributed by atoms with Gasteiger partial charge in [0, 0.05) is 6.26 Å². The summed E-state index contributed by atoms with van der Waals surface area (Å²) in [5, 5.41) is 0. The van der Waals surface area contributed by atoms with Crippen LogP contribution >= 0.6 is 0 Å². The van der Waals surface area contributed by atoms with E-state index in [0.717, 1.165) is 17.4 Å². The van der Waals surface area contributed by atoms with Crippen LogP contribution in [0.4, 0.5) is 4.39 Å². The molecule has 19 heavy (non-hydrogen) atoms. The zero-order chi connectivity index (χ0) is 14.5. The number of hydrogen-bond acceptors (Lipinski definition) is 2. The van der Waals surface area contributed by atoms with Gasteiger partial charge in [-0.2, -0.15) is 0 Å². The number of hydrogen-bond donors (Lipinski definition) is 0. The maximum atomic E-state index is 12.8. The van der Waals surface area contributed by atoms with Gasteiger partial charge in [-0.05, 0) is 35.4 Å². The summed E-state index contributed by atoms with van der Waals surface area (Å²) >= 11 is 0. The zero-order valence-electron chi connectivity index (χ0n) is 11.2. The van der Waals surface area contributed by atoms with E-state index in [1.165, 1.54) is 12.1 Å². The maximum Gasteiger partial charge on any atom is 0.175 e. The predicted octanol–water partition coefficient (Wildman–Crippen LogP) is 3.92. The van der Waals surface area contributed by atoms with Gasteiger partial charge in [-0.25, -0.2) is 12.8 Å². The maximum absolute atomic E-state index is 12.8. The van der Waals surface area contributed by atoms with Crippen LogP contribution in [0.5, 0.6) is 0 Å². The summed E-state index contributed by atoms with van der Waals surface area (Å²) in [6, 6.07) is 12.5. The fourth-order valence-corrected chi connectivity index (χ4v) is 2.22. The summed E-state index contributed by atoms with van der Waals surface area (Å²) in [6.45, 7) is 4.00. The number of sulfone groups is 1. The Balaban J connectivity index is 0.000000861. The largest absolute Gasteiger partial charge is 0.224 e. The quantitative estimate of drug-likeness (QED) is 0.835. The summed E-state index contributed by atoms with van der Waals surface area (Å²) in [7, 11) is -3.22. The Morgan fingerprint density at radius 2 is 1.47 bits per heavy atom. The summed E-state index contributed by atoms with van der Waals surface area (Å²) in [5.74, 6) is -0.312. The molecule has 0 heterocycles. The summed E-state index contributed by atoms with van der Waals surface area (Å²) in [4.78, 5) is 0.263. The molecule has 0 aliphatic rings. The van der Waals surface area contributed by atoms with Crippen LogP contribution < -0.4 is 0 Å². The van der Waals surface area contributed by atoms with Crippen molar-refractivity contribution in [3.63, 3.8) is 0 Å². The third-order valence-electron chi connectivity index (χ3n) is 2.44. The van der Waals surface area contributed by atoms with Gasteiger partial charge in [0.25, 0.3) is 0 Å². The minimum absolute atomic E-state index is 0.263. The third kappa shape index (κ3) is 4.17. The van der Waals surface area contributed by atoms with Gasteiger partial charge in [-0.3, -0.25) is 0 Å². The van der Waals surface area contributed by atoms with Crippen LogP contribution in [0.25, 0.3) is 11.1 Å². The molecule has 0 aromatic heterocycles. The molecule has 2 aromatic carbocycles. The van der Waals surface area contributed by atoms with E-state index in [-0.39, 0.29) is 10.7 Å². The second-order valence-corrected chi connectivity index (χ2v) is 5.82. The van der Waals surface area contributed by atoms with Gasteiger partial charge in [0.15, 0.2) is 9.84 Å². The normalized spacial score (nSPS) is 10.5. The minimum Gasteiger partial charge on any atom is -0.224 e. The molecule has 2 aromatic rings. The lowest BCUT2D eigenvalue weighted by atomic mass is 10.1. The molecule has 2 nitrogen and oxygen atoms in total. The Hall–Kier alpha value is -1.68. The summed E-state index contributed by atoms with van der Waals surface area (Å²) < 4.78 is 35.6. The van der Waals surface area contributed by atoms with Crippen LogP contribution in [0.1, 0.15) is 13.8 Å². The van der Waals surface area contributed by atoms with Crippen molar-refractivity contribution in [2.24, 2.45) is 0 Å². The number of rotatable bonds is 2. The van der Waals surface area contributed by atoms with E-state index in [0.29, 0.717) is 0 Å². The predicted molar refractivity (Wildman–Crippen MR) is 76.3 cm³/mol. The molecule has 4 heteroatoms. The number of benzene rings is 2. The second kappa shape index (κ2) is 6.48. The zero-order valence-corrected chi connectivity index (χ0v) is 12.0. The van der Waals surface area contributed by atoms with Gasteiger partial charge in [0.1, 0.15) is 5.82 Å². The first-order valence-electron chi connectivity index (χ1n) is 6.03. The van der Waals surface area contributed by atoms with E-state index in [9.17, 15) is 12.8 Å². The van der Waals surface area contributed by atoms with Gasteiger partial charge >= 0.3 is 0 Å². The Bertz CT molecular complexity index is 631. The smallest absolute Gasteiger partial charge is 0.175 e. The Morgan fingerprint density at radius 3 is 2.00 bits per heavy atom. The van der Waals surface area contributed by atoms with E-state index in [4.69, 9.17) is 0 Å². The van der Waals surface area contributed by atoms with Gasteiger partial charge in [-0.1, -0.05) is 38.1 Å². The highest BCUT2D eigenvalue weighted by Gasteiger charge is 2.08. The molecule has 0 bridgehead atoms. The van der Waals surface area contributed by atoms with Gasteiger partial charge < -0.3 is 0 Å². The molecule has 0 saturated carbocycles. The third-order valence-corrected chi connectivity index (χ3v) is 3.55. The molecule has 0 saturated heterocycles. The van der Waals surface area contributed by atoms with Gasteiger partial charge in [0.2, 0.25) is 0 Å². The van der Waals surface area contributed by atoms with Crippen molar-refractivity contribution in [2.75, 3.05) is 6.26 Å². The van der Waals surface area contributed by atoms with Crippen LogP contribution in [0.15, 0.2) is 53.4 Å². The molecule has 0 aliphatic carbocycles. The summed E-state index contributed by atoms with van der Waals surface area (Å²) in [5.41, 5.74) is 1.55. The van der Waals surface area contributed by atoms with Crippen molar-refractivity contribution in [3.8, 4) is 11.1 Å². The lowest BCUT2D eigenvalue weighted by Gasteiger charge is -2.04. The van der Waals surface area contributed by atoms with E-state index < -0.39 is 9.84 Å². The van der Waals surface area contributed by atoms with Crippen molar-refractivity contribution < 1.29 is 12.8 Å². The van der Waals surface area contributed by atoms with Gasteiger partial charge in [-0.15, -0.1) is 0 Å². The molecule has 0 spiro atoms. The van der Waals surface area contributed by atoms with Crippen molar-refractivity contribution in [1.29, 1.82) is 0 Å². The molecule has 2 rings (SSSR count). The molecular weight excluding hydrogens is 263 g/mol. The monoisotopic (exact) mass is 280 g/mol. The first-order valence-corrected chi connectivity index (χ1v) is 7.92. The van der Waals surface area contributed by atoms with E-state index in [2.05, 4.69) is 0 Å². The molecule has 0 atom stereocenters. The SMILES string of the molecule is CC.CS(=O)(=O)c1cccc(-c2ccc(F)cc2)c1. The fraction of sp³-hybridized carbons (Fsp3) is 0.200. The molecular formula is C15H17FO2S. The van der Waals surface area contributed by atoms with Crippen molar-refractivity contribution >= 4 is 9.84 Å².